The minimum atomic E-state index is -0.573. The molecule has 1 heterocycles. The Hall–Kier alpha value is -1.43. The molecular formula is C12H18N2O3S. The van der Waals surface area contributed by atoms with E-state index in [2.05, 4.69) is 10.3 Å². The normalized spacial score (nSPS) is 11.1. The third kappa shape index (κ3) is 5.77. The lowest BCUT2D eigenvalue weighted by molar-refractivity contribution is -0.117. The van der Waals surface area contributed by atoms with Crippen LogP contribution in [-0.4, -0.2) is 29.0 Å². The van der Waals surface area contributed by atoms with Crippen LogP contribution in [0.4, 0.5) is 4.79 Å². The van der Waals surface area contributed by atoms with Gasteiger partial charge in [0.05, 0.1) is 11.6 Å². The second-order valence-corrected chi connectivity index (χ2v) is 6.24. The van der Waals surface area contributed by atoms with Gasteiger partial charge in [-0.25, -0.2) is 9.78 Å². The second kappa shape index (κ2) is 5.95. The molecular weight excluding hydrogens is 252 g/mol. The number of aromatic nitrogens is 1. The molecule has 0 unspecified atom stereocenters. The molecule has 100 valence electrons. The summed E-state index contributed by atoms with van der Waals surface area (Å²) in [5.41, 5.74) is -0.554. The highest BCUT2D eigenvalue weighted by Crippen LogP contribution is 2.12. The Morgan fingerprint density at radius 3 is 2.61 bits per heavy atom. The van der Waals surface area contributed by atoms with Crippen LogP contribution in [0.2, 0.25) is 0 Å². The van der Waals surface area contributed by atoms with Crippen LogP contribution in [-0.2, 0) is 16.0 Å². The first-order chi connectivity index (χ1) is 8.26. The predicted octanol–water partition coefficient (Wildman–Crippen LogP) is 2.09. The third-order valence-corrected chi connectivity index (χ3v) is 2.78. The van der Waals surface area contributed by atoms with Crippen molar-refractivity contribution in [3.8, 4) is 0 Å². The van der Waals surface area contributed by atoms with Gasteiger partial charge in [-0.05, 0) is 27.7 Å². The summed E-state index contributed by atoms with van der Waals surface area (Å²) in [6.45, 7) is 7.18. The molecule has 0 aromatic carbocycles. The number of rotatable bonds is 4. The Bertz CT molecular complexity index is 435. The number of carbonyl (C=O) groups is 2. The Morgan fingerprint density at radius 1 is 1.44 bits per heavy atom. The van der Waals surface area contributed by atoms with Crippen LogP contribution in [0.3, 0.4) is 0 Å². The highest BCUT2D eigenvalue weighted by atomic mass is 32.1. The number of ether oxygens (including phenoxy) is 1. The number of carbonyl (C=O) groups excluding carboxylic acids is 2. The minimum Gasteiger partial charge on any atom is -0.444 e. The molecule has 1 aromatic heterocycles. The van der Waals surface area contributed by atoms with Gasteiger partial charge in [0.25, 0.3) is 0 Å². The smallest absolute Gasteiger partial charge is 0.408 e. The maximum Gasteiger partial charge on any atom is 0.408 e. The monoisotopic (exact) mass is 270 g/mol. The van der Waals surface area contributed by atoms with E-state index in [4.69, 9.17) is 4.74 Å². The van der Waals surface area contributed by atoms with Crippen molar-refractivity contribution in [2.75, 3.05) is 6.54 Å². The van der Waals surface area contributed by atoms with Gasteiger partial charge in [-0.15, -0.1) is 11.3 Å². The molecule has 1 aromatic rings. The molecule has 0 saturated carbocycles. The predicted molar refractivity (Wildman–Crippen MR) is 69.8 cm³/mol. The molecule has 0 atom stereocenters. The highest BCUT2D eigenvalue weighted by Gasteiger charge is 2.16. The zero-order valence-corrected chi connectivity index (χ0v) is 11.9. The number of hydrogen-bond acceptors (Lipinski definition) is 5. The van der Waals surface area contributed by atoms with Crippen molar-refractivity contribution in [1.29, 1.82) is 0 Å². The number of thiazole rings is 1. The van der Waals surface area contributed by atoms with Crippen molar-refractivity contribution >= 4 is 23.2 Å². The van der Waals surface area contributed by atoms with Gasteiger partial charge in [0.2, 0.25) is 0 Å². The van der Waals surface area contributed by atoms with Crippen molar-refractivity contribution in [1.82, 2.24) is 10.3 Å². The highest BCUT2D eigenvalue weighted by molar-refractivity contribution is 7.11. The number of amides is 1. The first kappa shape index (κ1) is 14.6. The van der Waals surface area contributed by atoms with E-state index in [0.717, 1.165) is 9.88 Å². The molecule has 6 heteroatoms. The van der Waals surface area contributed by atoms with E-state index in [1.54, 1.807) is 27.0 Å². The van der Waals surface area contributed by atoms with Crippen molar-refractivity contribution in [3.63, 3.8) is 0 Å². The SMILES string of the molecule is Cc1ncc(CC(=O)CNC(=O)OC(C)(C)C)s1. The maximum atomic E-state index is 11.6. The quantitative estimate of drug-likeness (QED) is 0.909. The lowest BCUT2D eigenvalue weighted by atomic mass is 10.2. The van der Waals surface area contributed by atoms with E-state index >= 15 is 0 Å². The Morgan fingerprint density at radius 2 is 2.11 bits per heavy atom. The van der Waals surface area contributed by atoms with Gasteiger partial charge in [-0.2, -0.15) is 0 Å². The zero-order valence-electron chi connectivity index (χ0n) is 11.1. The zero-order chi connectivity index (χ0) is 13.8. The molecule has 1 N–H and O–H groups in total. The lowest BCUT2D eigenvalue weighted by Gasteiger charge is -2.19. The molecule has 0 saturated heterocycles. The van der Waals surface area contributed by atoms with Crippen LogP contribution in [0.1, 0.15) is 30.7 Å². The molecule has 5 nitrogen and oxygen atoms in total. The summed E-state index contributed by atoms with van der Waals surface area (Å²) in [5.74, 6) is -0.0653. The number of alkyl carbamates (subject to hydrolysis) is 1. The fourth-order valence-electron chi connectivity index (χ4n) is 1.23. The summed E-state index contributed by atoms with van der Waals surface area (Å²) in [7, 11) is 0. The Labute approximate surface area is 111 Å². The van der Waals surface area contributed by atoms with Crippen LogP contribution < -0.4 is 5.32 Å². The number of ketones is 1. The van der Waals surface area contributed by atoms with E-state index < -0.39 is 11.7 Å². The summed E-state index contributed by atoms with van der Waals surface area (Å²) in [5, 5.41) is 3.37. The molecule has 0 aliphatic carbocycles. The Balaban J connectivity index is 2.31. The second-order valence-electron chi connectivity index (χ2n) is 4.92. The lowest BCUT2D eigenvalue weighted by Crippen LogP contribution is -2.35. The largest absolute Gasteiger partial charge is 0.444 e. The van der Waals surface area contributed by atoms with Gasteiger partial charge in [0, 0.05) is 17.5 Å². The van der Waals surface area contributed by atoms with Crippen molar-refractivity contribution < 1.29 is 14.3 Å². The molecule has 0 fully saturated rings. The van der Waals surface area contributed by atoms with Crippen LogP contribution in [0.15, 0.2) is 6.20 Å². The van der Waals surface area contributed by atoms with E-state index in [1.807, 2.05) is 6.92 Å². The fraction of sp³-hybridized carbons (Fsp3) is 0.583. The van der Waals surface area contributed by atoms with E-state index in [9.17, 15) is 9.59 Å². The number of nitrogens with one attached hydrogen (secondary N) is 1. The van der Waals surface area contributed by atoms with Gasteiger partial charge >= 0.3 is 6.09 Å². The van der Waals surface area contributed by atoms with Gasteiger partial charge in [0.15, 0.2) is 5.78 Å². The average Bonchev–Trinajstić information content (AvgIpc) is 2.58. The summed E-state index contributed by atoms with van der Waals surface area (Å²) in [4.78, 5) is 27.9. The molecule has 1 amide bonds. The number of hydrogen-bond donors (Lipinski definition) is 1. The molecule has 1 rings (SSSR count). The first-order valence-corrected chi connectivity index (χ1v) is 6.48. The van der Waals surface area contributed by atoms with Gasteiger partial charge in [0.1, 0.15) is 5.60 Å². The van der Waals surface area contributed by atoms with Crippen LogP contribution in [0, 0.1) is 6.92 Å². The molecule has 0 spiro atoms. The topological polar surface area (TPSA) is 68.3 Å². The standard InChI is InChI=1S/C12H18N2O3S/c1-8-13-7-10(18-8)5-9(15)6-14-11(16)17-12(2,3)4/h7H,5-6H2,1-4H3,(H,14,16). The van der Waals surface area contributed by atoms with Gasteiger partial charge in [-0.1, -0.05) is 0 Å². The number of aryl methyl sites for hydroxylation is 1. The summed E-state index contributed by atoms with van der Waals surface area (Å²) >= 11 is 1.48. The van der Waals surface area contributed by atoms with Crippen molar-refractivity contribution in [2.45, 2.75) is 39.7 Å². The average molecular weight is 270 g/mol. The van der Waals surface area contributed by atoms with Gasteiger partial charge in [-0.3, -0.25) is 4.79 Å². The van der Waals surface area contributed by atoms with Crippen LogP contribution in [0.5, 0.6) is 0 Å². The molecule has 0 radical (unpaired) electrons. The first-order valence-electron chi connectivity index (χ1n) is 5.66. The molecule has 0 aliphatic rings. The van der Waals surface area contributed by atoms with Crippen molar-refractivity contribution in [3.05, 3.63) is 16.1 Å². The van der Waals surface area contributed by atoms with E-state index in [1.165, 1.54) is 11.3 Å². The van der Waals surface area contributed by atoms with E-state index in [0.29, 0.717) is 6.42 Å². The minimum absolute atomic E-state index is 0.0220. The van der Waals surface area contributed by atoms with Crippen molar-refractivity contribution in [2.24, 2.45) is 0 Å². The third-order valence-electron chi connectivity index (χ3n) is 1.87. The van der Waals surface area contributed by atoms with E-state index in [-0.39, 0.29) is 12.3 Å². The summed E-state index contributed by atoms with van der Waals surface area (Å²) < 4.78 is 5.03. The molecule has 18 heavy (non-hydrogen) atoms. The number of Topliss-reactive ketones (excluding diaryl/α,β-unsaturated/α-hetero) is 1. The molecule has 0 aliphatic heterocycles. The summed E-state index contributed by atoms with van der Waals surface area (Å²) in [6.07, 6.45) is 1.41. The van der Waals surface area contributed by atoms with Crippen LogP contribution >= 0.6 is 11.3 Å². The maximum absolute atomic E-state index is 11.6. The summed E-state index contributed by atoms with van der Waals surface area (Å²) in [6, 6.07) is 0. The fourth-order valence-corrected chi connectivity index (χ4v) is 2.05. The Kier molecular flexibility index (Phi) is 4.84. The molecule has 0 bridgehead atoms. The van der Waals surface area contributed by atoms with Gasteiger partial charge < -0.3 is 10.1 Å². The van der Waals surface area contributed by atoms with Crippen LogP contribution in [0.25, 0.3) is 0 Å². The number of nitrogens with zero attached hydrogens (tertiary/aromatic N) is 1.